The van der Waals surface area contributed by atoms with Crippen LogP contribution >= 0.6 is 34.7 Å². The van der Waals surface area contributed by atoms with Crippen molar-refractivity contribution in [1.29, 1.82) is 0 Å². The molecule has 0 amide bonds. The third kappa shape index (κ3) is 2.90. The molecule has 1 atom stereocenters. The summed E-state index contributed by atoms with van der Waals surface area (Å²) in [6, 6.07) is 11.7. The lowest BCUT2D eigenvalue weighted by Gasteiger charge is -2.10. The topological polar surface area (TPSA) is 38.9 Å². The largest absolute Gasteiger partial charge is 0.410 e. The van der Waals surface area contributed by atoms with Crippen LogP contribution in [-0.2, 0) is 0 Å². The van der Waals surface area contributed by atoms with Crippen LogP contribution in [0.3, 0.4) is 0 Å². The lowest BCUT2D eigenvalue weighted by atomic mass is 10.2. The number of thioether (sulfide) groups is 1. The minimum atomic E-state index is 0.153. The number of aromatic nitrogens is 2. The predicted octanol–water partition coefficient (Wildman–Crippen LogP) is 5.30. The highest BCUT2D eigenvalue weighted by atomic mass is 35.5. The standard InChI is InChI=1S/C14H11ClN2OS2/c1-9(10-5-2-3-6-11(10)15)20-14-17-16-13(18-14)12-7-4-8-19-12/h2-9H,1H3. The van der Waals surface area contributed by atoms with Crippen molar-refractivity contribution < 1.29 is 4.42 Å². The Hall–Kier alpha value is -1.30. The van der Waals surface area contributed by atoms with Gasteiger partial charge in [0.15, 0.2) is 0 Å². The number of nitrogens with zero attached hydrogens (tertiary/aromatic N) is 2. The van der Waals surface area contributed by atoms with Gasteiger partial charge in [-0.15, -0.1) is 21.5 Å². The van der Waals surface area contributed by atoms with Gasteiger partial charge in [-0.3, -0.25) is 0 Å². The Morgan fingerprint density at radius 3 is 2.80 bits per heavy atom. The van der Waals surface area contributed by atoms with Crippen LogP contribution in [0.15, 0.2) is 51.4 Å². The van der Waals surface area contributed by atoms with Crippen LogP contribution in [0.1, 0.15) is 17.7 Å². The molecule has 0 fully saturated rings. The summed E-state index contributed by atoms with van der Waals surface area (Å²) in [6.45, 7) is 2.07. The highest BCUT2D eigenvalue weighted by Crippen LogP contribution is 2.38. The zero-order valence-electron chi connectivity index (χ0n) is 10.6. The molecule has 0 aliphatic heterocycles. The molecule has 1 aromatic carbocycles. The van der Waals surface area contributed by atoms with Crippen LogP contribution in [0.4, 0.5) is 0 Å². The molecule has 3 nitrogen and oxygen atoms in total. The molecule has 0 radical (unpaired) electrons. The quantitative estimate of drug-likeness (QED) is 0.610. The van der Waals surface area contributed by atoms with Gasteiger partial charge in [0.1, 0.15) is 0 Å². The Balaban J connectivity index is 1.77. The van der Waals surface area contributed by atoms with Crippen molar-refractivity contribution in [1.82, 2.24) is 10.2 Å². The third-order valence-corrected chi connectivity index (χ3v) is 4.94. The number of rotatable bonds is 4. The maximum Gasteiger partial charge on any atom is 0.277 e. The maximum absolute atomic E-state index is 6.19. The molecule has 0 aliphatic carbocycles. The normalized spacial score (nSPS) is 12.5. The Kier molecular flexibility index (Phi) is 4.10. The smallest absolute Gasteiger partial charge is 0.277 e. The molecule has 3 aromatic rings. The molecule has 0 saturated carbocycles. The Morgan fingerprint density at radius 1 is 1.20 bits per heavy atom. The van der Waals surface area contributed by atoms with Crippen LogP contribution < -0.4 is 0 Å². The van der Waals surface area contributed by atoms with E-state index in [4.69, 9.17) is 16.0 Å². The first-order valence-electron chi connectivity index (χ1n) is 6.02. The van der Waals surface area contributed by atoms with Crippen molar-refractivity contribution in [3.63, 3.8) is 0 Å². The lowest BCUT2D eigenvalue weighted by Crippen LogP contribution is -1.89. The number of benzene rings is 1. The second-order valence-corrected chi connectivity index (χ2v) is 6.78. The molecule has 6 heteroatoms. The SMILES string of the molecule is CC(Sc1nnc(-c2cccs2)o1)c1ccccc1Cl. The first kappa shape index (κ1) is 13.7. The fourth-order valence-corrected chi connectivity index (χ4v) is 3.63. The van der Waals surface area contributed by atoms with E-state index in [1.54, 1.807) is 11.3 Å². The van der Waals surface area contributed by atoms with Crippen LogP contribution in [0.25, 0.3) is 10.8 Å². The summed E-state index contributed by atoms with van der Waals surface area (Å²) in [5.41, 5.74) is 1.06. The molecule has 2 aromatic heterocycles. The summed E-state index contributed by atoms with van der Waals surface area (Å²) >= 11 is 9.28. The molecule has 0 spiro atoms. The van der Waals surface area contributed by atoms with Gasteiger partial charge in [-0.2, -0.15) is 0 Å². The Labute approximate surface area is 130 Å². The van der Waals surface area contributed by atoms with Gasteiger partial charge in [0.05, 0.1) is 4.88 Å². The van der Waals surface area contributed by atoms with E-state index in [0.29, 0.717) is 11.1 Å². The van der Waals surface area contributed by atoms with Crippen LogP contribution in [-0.4, -0.2) is 10.2 Å². The molecular formula is C14H11ClN2OS2. The number of thiophene rings is 1. The van der Waals surface area contributed by atoms with Crippen LogP contribution in [0, 0.1) is 0 Å². The maximum atomic E-state index is 6.19. The summed E-state index contributed by atoms with van der Waals surface area (Å²) in [7, 11) is 0. The van der Waals surface area contributed by atoms with E-state index in [1.807, 2.05) is 41.8 Å². The lowest BCUT2D eigenvalue weighted by molar-refractivity contribution is 0.466. The van der Waals surface area contributed by atoms with Crippen molar-refractivity contribution in [2.24, 2.45) is 0 Å². The molecule has 3 rings (SSSR count). The van der Waals surface area contributed by atoms with Gasteiger partial charge in [0.25, 0.3) is 11.1 Å². The fraction of sp³-hybridized carbons (Fsp3) is 0.143. The summed E-state index contributed by atoms with van der Waals surface area (Å²) in [5.74, 6) is 0.564. The summed E-state index contributed by atoms with van der Waals surface area (Å²) < 4.78 is 5.67. The van der Waals surface area contributed by atoms with E-state index < -0.39 is 0 Å². The molecule has 2 heterocycles. The monoisotopic (exact) mass is 322 g/mol. The van der Waals surface area contributed by atoms with Gasteiger partial charge >= 0.3 is 0 Å². The second kappa shape index (κ2) is 5.99. The average Bonchev–Trinajstić information content (AvgIpc) is 3.09. The van der Waals surface area contributed by atoms with E-state index in [9.17, 15) is 0 Å². The molecule has 0 saturated heterocycles. The zero-order chi connectivity index (χ0) is 13.9. The second-order valence-electron chi connectivity index (χ2n) is 4.13. The van der Waals surface area contributed by atoms with Gasteiger partial charge in [0, 0.05) is 10.3 Å². The van der Waals surface area contributed by atoms with E-state index in [2.05, 4.69) is 17.1 Å². The predicted molar refractivity (Wildman–Crippen MR) is 83.3 cm³/mol. The molecule has 1 unspecified atom stereocenters. The number of halogens is 1. The third-order valence-electron chi connectivity index (χ3n) is 2.76. The Bertz CT molecular complexity index is 697. The van der Waals surface area contributed by atoms with Crippen molar-refractivity contribution in [2.45, 2.75) is 17.4 Å². The van der Waals surface area contributed by atoms with E-state index in [0.717, 1.165) is 15.5 Å². The summed E-state index contributed by atoms with van der Waals surface area (Å²) in [5, 5.41) is 11.6. The van der Waals surface area contributed by atoms with Crippen molar-refractivity contribution in [3.8, 4) is 10.8 Å². The minimum absolute atomic E-state index is 0.153. The van der Waals surface area contributed by atoms with Gasteiger partial charge < -0.3 is 4.42 Å². The first-order valence-corrected chi connectivity index (χ1v) is 8.16. The highest BCUT2D eigenvalue weighted by Gasteiger charge is 2.16. The number of hydrogen-bond donors (Lipinski definition) is 0. The van der Waals surface area contributed by atoms with E-state index in [1.165, 1.54) is 11.8 Å². The van der Waals surface area contributed by atoms with E-state index in [-0.39, 0.29) is 5.25 Å². The van der Waals surface area contributed by atoms with Gasteiger partial charge in [0.2, 0.25) is 0 Å². The van der Waals surface area contributed by atoms with Gasteiger partial charge in [-0.05, 0) is 30.0 Å². The fourth-order valence-electron chi connectivity index (χ4n) is 1.78. The zero-order valence-corrected chi connectivity index (χ0v) is 13.0. The molecule has 0 bridgehead atoms. The average molecular weight is 323 g/mol. The van der Waals surface area contributed by atoms with Crippen LogP contribution in [0.2, 0.25) is 5.02 Å². The van der Waals surface area contributed by atoms with Crippen LogP contribution in [0.5, 0.6) is 0 Å². The minimum Gasteiger partial charge on any atom is -0.410 e. The Morgan fingerprint density at radius 2 is 2.05 bits per heavy atom. The molecular weight excluding hydrogens is 312 g/mol. The van der Waals surface area contributed by atoms with Gasteiger partial charge in [-0.25, -0.2) is 0 Å². The molecule has 20 heavy (non-hydrogen) atoms. The van der Waals surface area contributed by atoms with Gasteiger partial charge in [-0.1, -0.05) is 47.6 Å². The highest BCUT2D eigenvalue weighted by molar-refractivity contribution is 7.99. The molecule has 0 N–H and O–H groups in total. The molecule has 0 aliphatic rings. The summed E-state index contributed by atoms with van der Waals surface area (Å²) in [4.78, 5) is 0.981. The van der Waals surface area contributed by atoms with Crippen molar-refractivity contribution in [3.05, 3.63) is 52.4 Å². The summed E-state index contributed by atoms with van der Waals surface area (Å²) in [6.07, 6.45) is 0. The number of hydrogen-bond acceptors (Lipinski definition) is 5. The van der Waals surface area contributed by atoms with Crippen molar-refractivity contribution >= 4 is 34.7 Å². The molecule has 102 valence electrons. The first-order chi connectivity index (χ1) is 9.74. The van der Waals surface area contributed by atoms with Crippen molar-refractivity contribution in [2.75, 3.05) is 0 Å². The van der Waals surface area contributed by atoms with E-state index >= 15 is 0 Å².